The summed E-state index contributed by atoms with van der Waals surface area (Å²) in [6.45, 7) is 0.852. The average Bonchev–Trinajstić information content (AvgIpc) is 2.97. The van der Waals surface area contributed by atoms with Gasteiger partial charge in [0.2, 0.25) is 0 Å². The van der Waals surface area contributed by atoms with Crippen molar-refractivity contribution in [3.8, 4) is 11.6 Å². The molecule has 86 valence electrons. The van der Waals surface area contributed by atoms with Gasteiger partial charge in [0, 0.05) is 6.54 Å². The molecule has 2 N–H and O–H groups in total. The molecule has 0 aliphatic heterocycles. The number of rotatable bonds is 3. The number of hydrogen-bond donors (Lipinski definition) is 2. The van der Waals surface area contributed by atoms with Gasteiger partial charge in [0.25, 0.3) is 0 Å². The molecule has 0 aliphatic carbocycles. The summed E-state index contributed by atoms with van der Waals surface area (Å²) in [6, 6.07) is 9.95. The van der Waals surface area contributed by atoms with Gasteiger partial charge in [-0.1, -0.05) is 6.07 Å². The van der Waals surface area contributed by atoms with Gasteiger partial charge in [-0.2, -0.15) is 0 Å². The second-order valence-electron chi connectivity index (χ2n) is 3.94. The maximum Gasteiger partial charge on any atom is 0.174 e. The Morgan fingerprint density at radius 1 is 1.35 bits per heavy atom. The maximum atomic E-state index is 5.32. The summed E-state index contributed by atoms with van der Waals surface area (Å²) in [5.41, 5.74) is 3.22. The molecular formula is C13H13N3O. The van der Waals surface area contributed by atoms with E-state index in [1.165, 1.54) is 5.56 Å². The number of nitrogens with zero attached hydrogens (tertiary/aromatic N) is 1. The van der Waals surface area contributed by atoms with Crippen molar-refractivity contribution in [3.05, 3.63) is 42.2 Å². The quantitative estimate of drug-likeness (QED) is 0.723. The van der Waals surface area contributed by atoms with Crippen LogP contribution < -0.4 is 5.32 Å². The number of fused-ring (bicyclic) bond motifs is 1. The van der Waals surface area contributed by atoms with Crippen molar-refractivity contribution in [2.75, 3.05) is 7.05 Å². The van der Waals surface area contributed by atoms with Crippen LogP contribution in [-0.2, 0) is 6.54 Å². The highest BCUT2D eigenvalue weighted by atomic mass is 16.3. The molecule has 0 radical (unpaired) electrons. The minimum absolute atomic E-state index is 0.761. The summed E-state index contributed by atoms with van der Waals surface area (Å²) in [6.07, 6.45) is 1.65. The fraction of sp³-hybridized carbons (Fsp3) is 0.154. The van der Waals surface area contributed by atoms with E-state index >= 15 is 0 Å². The molecule has 0 saturated heterocycles. The minimum atomic E-state index is 0.761. The third-order valence-corrected chi connectivity index (χ3v) is 2.68. The van der Waals surface area contributed by atoms with Crippen LogP contribution in [0.3, 0.4) is 0 Å². The molecule has 0 aliphatic rings. The monoisotopic (exact) mass is 227 g/mol. The molecule has 3 aromatic rings. The van der Waals surface area contributed by atoms with Crippen molar-refractivity contribution in [1.82, 2.24) is 15.3 Å². The van der Waals surface area contributed by atoms with Gasteiger partial charge in [0.1, 0.15) is 0 Å². The van der Waals surface area contributed by atoms with Crippen molar-refractivity contribution in [2.24, 2.45) is 0 Å². The molecule has 2 heterocycles. The summed E-state index contributed by atoms with van der Waals surface area (Å²) >= 11 is 0. The topological polar surface area (TPSA) is 53.9 Å². The van der Waals surface area contributed by atoms with Gasteiger partial charge in [0.15, 0.2) is 11.6 Å². The lowest BCUT2D eigenvalue weighted by Gasteiger charge is -1.98. The van der Waals surface area contributed by atoms with E-state index in [1.54, 1.807) is 6.26 Å². The van der Waals surface area contributed by atoms with E-state index in [1.807, 2.05) is 25.2 Å². The van der Waals surface area contributed by atoms with Gasteiger partial charge in [-0.3, -0.25) is 0 Å². The largest absolute Gasteiger partial charge is 0.461 e. The highest BCUT2D eigenvalue weighted by Crippen LogP contribution is 2.21. The van der Waals surface area contributed by atoms with Crippen molar-refractivity contribution < 1.29 is 4.42 Å². The molecule has 0 amide bonds. The minimum Gasteiger partial charge on any atom is -0.461 e. The Kier molecular flexibility index (Phi) is 2.42. The lowest BCUT2D eigenvalue weighted by molar-refractivity contribution is 0.578. The van der Waals surface area contributed by atoms with E-state index in [0.717, 1.165) is 29.2 Å². The summed E-state index contributed by atoms with van der Waals surface area (Å²) in [4.78, 5) is 7.75. The van der Waals surface area contributed by atoms with Gasteiger partial charge in [0.05, 0.1) is 17.3 Å². The molecule has 17 heavy (non-hydrogen) atoms. The van der Waals surface area contributed by atoms with E-state index in [2.05, 4.69) is 27.4 Å². The van der Waals surface area contributed by atoms with Crippen molar-refractivity contribution in [3.63, 3.8) is 0 Å². The number of hydrogen-bond acceptors (Lipinski definition) is 3. The Balaban J connectivity index is 2.07. The van der Waals surface area contributed by atoms with Crippen molar-refractivity contribution >= 4 is 11.0 Å². The van der Waals surface area contributed by atoms with Crippen LogP contribution in [0, 0.1) is 0 Å². The Morgan fingerprint density at radius 2 is 2.29 bits per heavy atom. The zero-order valence-electron chi connectivity index (χ0n) is 9.53. The normalized spacial score (nSPS) is 11.1. The smallest absolute Gasteiger partial charge is 0.174 e. The Bertz CT molecular complexity index is 625. The van der Waals surface area contributed by atoms with E-state index in [4.69, 9.17) is 4.42 Å². The highest BCUT2D eigenvalue weighted by Gasteiger charge is 2.07. The third kappa shape index (κ3) is 1.83. The fourth-order valence-corrected chi connectivity index (χ4v) is 1.90. The SMILES string of the molecule is CNCc1ccc2nc(-c3ccco3)[nH]c2c1. The van der Waals surface area contributed by atoms with Crippen LogP contribution in [-0.4, -0.2) is 17.0 Å². The fourth-order valence-electron chi connectivity index (χ4n) is 1.90. The van der Waals surface area contributed by atoms with Crippen LogP contribution in [0.1, 0.15) is 5.56 Å². The van der Waals surface area contributed by atoms with Crippen LogP contribution in [0.25, 0.3) is 22.6 Å². The molecule has 3 rings (SSSR count). The molecule has 1 aromatic carbocycles. The molecule has 0 spiro atoms. The van der Waals surface area contributed by atoms with E-state index in [9.17, 15) is 0 Å². The average molecular weight is 227 g/mol. The Labute approximate surface area is 98.7 Å². The first-order valence-corrected chi connectivity index (χ1v) is 5.54. The predicted molar refractivity (Wildman–Crippen MR) is 66.6 cm³/mol. The van der Waals surface area contributed by atoms with Crippen LogP contribution >= 0.6 is 0 Å². The second kappa shape index (κ2) is 4.07. The molecule has 0 unspecified atom stereocenters. The molecule has 4 nitrogen and oxygen atoms in total. The van der Waals surface area contributed by atoms with Crippen LogP contribution in [0.2, 0.25) is 0 Å². The summed E-state index contributed by atoms with van der Waals surface area (Å²) in [7, 11) is 1.94. The predicted octanol–water partition coefficient (Wildman–Crippen LogP) is 2.54. The first-order valence-electron chi connectivity index (χ1n) is 5.54. The number of imidazole rings is 1. The summed E-state index contributed by atoms with van der Waals surface area (Å²) in [5, 5.41) is 3.13. The first-order chi connectivity index (χ1) is 8.36. The molecule has 0 atom stereocenters. The number of aromatic nitrogens is 2. The van der Waals surface area contributed by atoms with E-state index in [-0.39, 0.29) is 0 Å². The molecular weight excluding hydrogens is 214 g/mol. The van der Waals surface area contributed by atoms with Crippen LogP contribution in [0.15, 0.2) is 41.0 Å². The number of benzene rings is 1. The van der Waals surface area contributed by atoms with Gasteiger partial charge in [-0.25, -0.2) is 4.98 Å². The molecule has 0 saturated carbocycles. The van der Waals surface area contributed by atoms with Gasteiger partial charge in [-0.05, 0) is 36.9 Å². The van der Waals surface area contributed by atoms with Gasteiger partial charge < -0.3 is 14.7 Å². The number of aromatic amines is 1. The Morgan fingerprint density at radius 3 is 3.06 bits per heavy atom. The second-order valence-corrected chi connectivity index (χ2v) is 3.94. The van der Waals surface area contributed by atoms with Crippen molar-refractivity contribution in [2.45, 2.75) is 6.54 Å². The molecule has 4 heteroatoms. The zero-order valence-corrected chi connectivity index (χ0v) is 9.53. The van der Waals surface area contributed by atoms with Crippen LogP contribution in [0.4, 0.5) is 0 Å². The van der Waals surface area contributed by atoms with Crippen molar-refractivity contribution in [1.29, 1.82) is 0 Å². The van der Waals surface area contributed by atoms with E-state index in [0.29, 0.717) is 0 Å². The van der Waals surface area contributed by atoms with E-state index < -0.39 is 0 Å². The summed E-state index contributed by atoms with van der Waals surface area (Å²) < 4.78 is 5.32. The standard InChI is InChI=1S/C13H13N3O/c1-14-8-9-4-5-10-11(7-9)16-13(15-10)12-3-2-6-17-12/h2-7,14H,8H2,1H3,(H,15,16). The number of nitrogens with one attached hydrogen (secondary N) is 2. The molecule has 0 fully saturated rings. The highest BCUT2D eigenvalue weighted by molar-refractivity contribution is 5.79. The van der Waals surface area contributed by atoms with Gasteiger partial charge >= 0.3 is 0 Å². The molecule has 2 aromatic heterocycles. The Hall–Kier alpha value is -2.07. The summed E-state index contributed by atoms with van der Waals surface area (Å²) in [5.74, 6) is 1.53. The molecule has 0 bridgehead atoms. The zero-order chi connectivity index (χ0) is 11.7. The number of H-pyrrole nitrogens is 1. The van der Waals surface area contributed by atoms with Gasteiger partial charge in [-0.15, -0.1) is 0 Å². The lowest BCUT2D eigenvalue weighted by atomic mass is 10.2. The number of furan rings is 1. The van der Waals surface area contributed by atoms with Crippen LogP contribution in [0.5, 0.6) is 0 Å². The third-order valence-electron chi connectivity index (χ3n) is 2.68. The first kappa shape index (κ1) is 10.1. The maximum absolute atomic E-state index is 5.32. The lowest BCUT2D eigenvalue weighted by Crippen LogP contribution is -2.04.